The van der Waals surface area contributed by atoms with Gasteiger partial charge in [0.25, 0.3) is 0 Å². The molecule has 2 fully saturated rings. The van der Waals surface area contributed by atoms with Gasteiger partial charge in [-0.2, -0.15) is 10.5 Å². The number of nitrogens with zero attached hydrogens (tertiary/aromatic N) is 3. The fraction of sp³-hybridized carbons (Fsp3) is 0.481. The average Bonchev–Trinajstić information content (AvgIpc) is 2.89. The fourth-order valence-electron chi connectivity index (χ4n) is 4.77. The summed E-state index contributed by atoms with van der Waals surface area (Å²) in [4.78, 5) is 2.42. The highest BCUT2D eigenvalue weighted by Gasteiger charge is 2.36. The molecule has 0 radical (unpaired) electrons. The normalized spacial score (nSPS) is 19.0. The van der Waals surface area contributed by atoms with Crippen LogP contribution in [0.5, 0.6) is 0 Å². The van der Waals surface area contributed by atoms with Crippen LogP contribution in [-0.2, 0) is 10.8 Å². The monoisotopic (exact) mass is 465 g/mol. The van der Waals surface area contributed by atoms with Crippen LogP contribution >= 0.6 is 12.4 Å². The molecule has 2 aliphatic heterocycles. The van der Waals surface area contributed by atoms with Crippen molar-refractivity contribution in [3.63, 3.8) is 0 Å². The van der Waals surface area contributed by atoms with Gasteiger partial charge in [-0.05, 0) is 82.5 Å². The van der Waals surface area contributed by atoms with Gasteiger partial charge in [-0.3, -0.25) is 0 Å². The van der Waals surface area contributed by atoms with Crippen LogP contribution in [0.15, 0.2) is 60.7 Å². The summed E-state index contributed by atoms with van der Waals surface area (Å²) in [6.45, 7) is 5.71. The molecule has 0 saturated carbocycles. The number of nitriles is 2. The lowest BCUT2D eigenvalue weighted by Crippen LogP contribution is -2.42. The van der Waals surface area contributed by atoms with Crippen molar-refractivity contribution in [3.05, 3.63) is 71.8 Å². The van der Waals surface area contributed by atoms with E-state index in [1.165, 1.54) is 11.1 Å². The maximum atomic E-state index is 9.57. The topological polar surface area (TPSA) is 88.9 Å². The van der Waals surface area contributed by atoms with Gasteiger partial charge in [0.1, 0.15) is 0 Å². The van der Waals surface area contributed by atoms with Gasteiger partial charge in [-0.25, -0.2) is 0 Å². The predicted molar refractivity (Wildman–Crippen MR) is 136 cm³/mol. The van der Waals surface area contributed by atoms with Crippen LogP contribution in [0.4, 0.5) is 0 Å². The zero-order chi connectivity index (χ0) is 22.7. The van der Waals surface area contributed by atoms with Gasteiger partial charge in [0.2, 0.25) is 0 Å². The number of piperidine rings is 2. The molecular weight excluding hydrogens is 430 g/mol. The van der Waals surface area contributed by atoms with Crippen molar-refractivity contribution >= 4 is 12.4 Å². The van der Waals surface area contributed by atoms with Crippen molar-refractivity contribution in [2.75, 3.05) is 39.3 Å². The minimum atomic E-state index is -0.277. The lowest BCUT2D eigenvalue weighted by molar-refractivity contribution is 0.185. The van der Waals surface area contributed by atoms with Crippen LogP contribution in [0, 0.1) is 22.7 Å². The minimum Gasteiger partial charge on any atom is -0.330 e. The summed E-state index contributed by atoms with van der Waals surface area (Å²) in [7, 11) is 0. The number of hydrogen-bond acceptors (Lipinski definition) is 5. The Balaban J connectivity index is 0.000000233. The van der Waals surface area contributed by atoms with Crippen LogP contribution in [0.3, 0.4) is 0 Å². The molecule has 2 saturated heterocycles. The molecule has 5 nitrogen and oxygen atoms in total. The Bertz CT molecular complexity index is 890. The third kappa shape index (κ3) is 6.79. The third-order valence-corrected chi connectivity index (χ3v) is 6.93. The van der Waals surface area contributed by atoms with Crippen LogP contribution < -0.4 is 11.1 Å². The summed E-state index contributed by atoms with van der Waals surface area (Å²) in [5.74, 6) is 0. The molecule has 0 spiro atoms. The lowest BCUT2D eigenvalue weighted by atomic mass is 9.74. The maximum absolute atomic E-state index is 9.57. The molecule has 0 atom stereocenters. The minimum absolute atomic E-state index is 0. The average molecular weight is 466 g/mol. The molecule has 2 aromatic carbocycles. The van der Waals surface area contributed by atoms with Crippen molar-refractivity contribution in [1.29, 1.82) is 10.5 Å². The van der Waals surface area contributed by atoms with E-state index in [1.54, 1.807) is 0 Å². The molecule has 2 aromatic rings. The first kappa shape index (κ1) is 26.8. The Labute approximate surface area is 205 Å². The Morgan fingerprint density at radius 3 is 1.67 bits per heavy atom. The first-order valence-electron chi connectivity index (χ1n) is 11.7. The van der Waals surface area contributed by atoms with Crippen molar-refractivity contribution in [1.82, 2.24) is 10.2 Å². The largest absolute Gasteiger partial charge is 0.330 e. The zero-order valence-electron chi connectivity index (χ0n) is 19.4. The number of nitrogens with one attached hydrogen (secondary N) is 1. The SMILES string of the molecule is Cl.N#CC1(c2ccccc2)CCN(CCCN)CC1.N#CC1(c2ccccc2)CCNCC1. The van der Waals surface area contributed by atoms with E-state index < -0.39 is 0 Å². The molecule has 2 heterocycles. The maximum Gasteiger partial charge on any atom is 0.0846 e. The molecule has 0 unspecified atom stereocenters. The third-order valence-electron chi connectivity index (χ3n) is 6.93. The second-order valence-corrected chi connectivity index (χ2v) is 8.85. The highest BCUT2D eigenvalue weighted by atomic mass is 35.5. The first-order chi connectivity index (χ1) is 15.7. The van der Waals surface area contributed by atoms with E-state index in [4.69, 9.17) is 5.73 Å². The molecule has 0 amide bonds. The van der Waals surface area contributed by atoms with Gasteiger partial charge in [0.15, 0.2) is 0 Å². The van der Waals surface area contributed by atoms with Gasteiger partial charge in [0.05, 0.1) is 23.0 Å². The van der Waals surface area contributed by atoms with Gasteiger partial charge in [0, 0.05) is 0 Å². The van der Waals surface area contributed by atoms with E-state index in [0.717, 1.165) is 71.4 Å². The molecule has 176 valence electrons. The van der Waals surface area contributed by atoms with Gasteiger partial charge < -0.3 is 16.0 Å². The number of likely N-dealkylation sites (tertiary alicyclic amines) is 1. The Hall–Kier alpha value is -2.41. The second-order valence-electron chi connectivity index (χ2n) is 8.85. The van der Waals surface area contributed by atoms with Gasteiger partial charge >= 0.3 is 0 Å². The molecular formula is C27H36ClN5. The smallest absolute Gasteiger partial charge is 0.0846 e. The number of nitrogens with two attached hydrogens (primary N) is 1. The van der Waals surface area contributed by atoms with Crippen molar-refractivity contribution in [2.45, 2.75) is 42.9 Å². The zero-order valence-corrected chi connectivity index (χ0v) is 20.2. The Morgan fingerprint density at radius 1 is 0.788 bits per heavy atom. The van der Waals surface area contributed by atoms with Crippen LogP contribution in [0.25, 0.3) is 0 Å². The summed E-state index contributed by atoms with van der Waals surface area (Å²) in [5, 5.41) is 22.2. The quantitative estimate of drug-likeness (QED) is 0.692. The summed E-state index contributed by atoms with van der Waals surface area (Å²) in [5.41, 5.74) is 7.36. The molecule has 6 heteroatoms. The first-order valence-corrected chi connectivity index (χ1v) is 11.7. The number of rotatable bonds is 5. The molecule has 4 rings (SSSR count). The highest BCUT2D eigenvalue weighted by molar-refractivity contribution is 5.85. The van der Waals surface area contributed by atoms with E-state index in [0.29, 0.717) is 0 Å². The van der Waals surface area contributed by atoms with E-state index in [-0.39, 0.29) is 23.2 Å². The Kier molecular flexibility index (Phi) is 10.8. The van der Waals surface area contributed by atoms with Gasteiger partial charge in [-0.1, -0.05) is 60.7 Å². The van der Waals surface area contributed by atoms with Gasteiger partial charge in [-0.15, -0.1) is 12.4 Å². The summed E-state index contributed by atoms with van der Waals surface area (Å²) < 4.78 is 0. The highest BCUT2D eigenvalue weighted by Crippen LogP contribution is 2.35. The lowest BCUT2D eigenvalue weighted by Gasteiger charge is -2.37. The van der Waals surface area contributed by atoms with Crippen LogP contribution in [-0.4, -0.2) is 44.2 Å². The van der Waals surface area contributed by atoms with E-state index >= 15 is 0 Å². The van der Waals surface area contributed by atoms with E-state index in [1.807, 2.05) is 36.4 Å². The number of halogens is 1. The number of benzene rings is 2. The Morgan fingerprint density at radius 2 is 1.24 bits per heavy atom. The summed E-state index contributed by atoms with van der Waals surface area (Å²) >= 11 is 0. The van der Waals surface area contributed by atoms with Crippen molar-refractivity contribution < 1.29 is 0 Å². The van der Waals surface area contributed by atoms with Crippen LogP contribution in [0.1, 0.15) is 43.2 Å². The second kappa shape index (κ2) is 13.3. The van der Waals surface area contributed by atoms with E-state index in [2.05, 4.69) is 46.6 Å². The molecule has 0 aromatic heterocycles. The standard InChI is InChI=1S/C15H21N3.C12H14N2.ClH/c16-9-4-10-18-11-7-15(13-17,8-12-18)14-5-2-1-3-6-14;13-10-12(6-8-14-9-7-12)11-4-2-1-3-5-11;/h1-3,5-6H,4,7-12,16H2;1-5,14H,6-9H2;1H. The summed E-state index contributed by atoms with van der Waals surface area (Å²) in [6, 6.07) is 25.4. The predicted octanol–water partition coefficient (Wildman–Crippen LogP) is 4.15. The van der Waals surface area contributed by atoms with Crippen molar-refractivity contribution in [2.24, 2.45) is 5.73 Å². The van der Waals surface area contributed by atoms with Crippen molar-refractivity contribution in [3.8, 4) is 12.1 Å². The van der Waals surface area contributed by atoms with Crippen LogP contribution in [0.2, 0.25) is 0 Å². The molecule has 33 heavy (non-hydrogen) atoms. The number of hydrogen-bond donors (Lipinski definition) is 2. The molecule has 0 bridgehead atoms. The van der Waals surface area contributed by atoms with E-state index in [9.17, 15) is 10.5 Å². The molecule has 0 aliphatic carbocycles. The molecule has 3 N–H and O–H groups in total. The summed E-state index contributed by atoms with van der Waals surface area (Å²) in [6.07, 6.45) is 4.75. The molecule has 2 aliphatic rings. The fourth-order valence-corrected chi connectivity index (χ4v) is 4.77.